The third-order valence-electron chi connectivity index (χ3n) is 3.35. The predicted octanol–water partition coefficient (Wildman–Crippen LogP) is 0.0487. The number of fused-ring (bicyclic) bond motifs is 2. The van der Waals surface area contributed by atoms with Gasteiger partial charge in [-0.3, -0.25) is 0 Å². The lowest BCUT2D eigenvalue weighted by molar-refractivity contribution is -0.240. The summed E-state index contributed by atoms with van der Waals surface area (Å²) < 4.78 is 16.3. The summed E-state index contributed by atoms with van der Waals surface area (Å²) in [6.45, 7) is 0.720. The van der Waals surface area contributed by atoms with Crippen molar-refractivity contribution in [3.63, 3.8) is 0 Å². The molecule has 0 unspecified atom stereocenters. The van der Waals surface area contributed by atoms with Crippen LogP contribution in [0.5, 0.6) is 0 Å². The van der Waals surface area contributed by atoms with Crippen LogP contribution in [0.4, 0.5) is 0 Å². The summed E-state index contributed by atoms with van der Waals surface area (Å²) in [5.41, 5.74) is 1.01. The second-order valence-electron chi connectivity index (χ2n) is 4.62. The van der Waals surface area contributed by atoms with Crippen molar-refractivity contribution in [1.82, 2.24) is 0 Å². The average molecular weight is 252 g/mol. The fourth-order valence-electron chi connectivity index (χ4n) is 2.34. The molecule has 2 aliphatic rings. The van der Waals surface area contributed by atoms with Gasteiger partial charge >= 0.3 is 0 Å². The zero-order valence-corrected chi connectivity index (χ0v) is 9.81. The Morgan fingerprint density at radius 1 is 1.17 bits per heavy atom. The summed E-state index contributed by atoms with van der Waals surface area (Å²) in [6.07, 6.45) is -3.61. The van der Waals surface area contributed by atoms with E-state index in [1.54, 1.807) is 0 Å². The Morgan fingerprint density at radius 2 is 1.94 bits per heavy atom. The Hall–Kier alpha value is -0.980. The second kappa shape index (κ2) is 4.95. The first-order valence-corrected chi connectivity index (χ1v) is 6.04. The first kappa shape index (κ1) is 12.1. The first-order valence-electron chi connectivity index (χ1n) is 6.04. The molecule has 2 fully saturated rings. The summed E-state index contributed by atoms with van der Waals surface area (Å²) in [4.78, 5) is 0. The largest absolute Gasteiger partial charge is 0.387 e. The molecule has 0 amide bonds. The summed E-state index contributed by atoms with van der Waals surface area (Å²) >= 11 is 0. The van der Waals surface area contributed by atoms with Crippen LogP contribution in [0.2, 0.25) is 0 Å². The fraction of sp³-hybridized carbons (Fsp3) is 0.538. The SMILES string of the molecule is O[C@@H]1[C@@H]2OC[C@@H](O2)[C@@H](OCc2ccccc2)[C@@H]1O. The van der Waals surface area contributed by atoms with E-state index in [-0.39, 0.29) is 6.10 Å². The number of hydrogen-bond donors (Lipinski definition) is 2. The van der Waals surface area contributed by atoms with Crippen molar-refractivity contribution < 1.29 is 24.4 Å². The third kappa shape index (κ3) is 2.15. The Balaban J connectivity index is 1.65. The Bertz CT molecular complexity index is 396. The normalized spacial score (nSPS) is 38.9. The van der Waals surface area contributed by atoms with Crippen LogP contribution in [0.3, 0.4) is 0 Å². The van der Waals surface area contributed by atoms with E-state index in [0.29, 0.717) is 13.2 Å². The van der Waals surface area contributed by atoms with Crippen LogP contribution in [-0.4, -0.2) is 47.5 Å². The lowest BCUT2D eigenvalue weighted by atomic mass is 10.0. The molecule has 2 aliphatic heterocycles. The van der Waals surface area contributed by atoms with Gasteiger partial charge in [0, 0.05) is 0 Å². The van der Waals surface area contributed by atoms with E-state index in [9.17, 15) is 10.2 Å². The van der Waals surface area contributed by atoms with Gasteiger partial charge in [-0.25, -0.2) is 0 Å². The number of benzene rings is 1. The van der Waals surface area contributed by atoms with E-state index in [0.717, 1.165) is 5.56 Å². The van der Waals surface area contributed by atoms with Crippen LogP contribution in [0.25, 0.3) is 0 Å². The van der Waals surface area contributed by atoms with Gasteiger partial charge in [0.15, 0.2) is 6.29 Å². The molecule has 0 radical (unpaired) electrons. The number of ether oxygens (including phenoxy) is 3. The fourth-order valence-corrected chi connectivity index (χ4v) is 2.34. The maximum atomic E-state index is 9.96. The first-order chi connectivity index (χ1) is 8.75. The van der Waals surface area contributed by atoms with Crippen molar-refractivity contribution >= 4 is 0 Å². The monoisotopic (exact) mass is 252 g/mol. The van der Waals surface area contributed by atoms with Gasteiger partial charge in [0.2, 0.25) is 0 Å². The number of hydrogen-bond acceptors (Lipinski definition) is 5. The van der Waals surface area contributed by atoms with Crippen molar-refractivity contribution in [3.8, 4) is 0 Å². The van der Waals surface area contributed by atoms with Crippen LogP contribution in [0.15, 0.2) is 30.3 Å². The maximum Gasteiger partial charge on any atom is 0.186 e. The zero-order chi connectivity index (χ0) is 12.5. The van der Waals surface area contributed by atoms with Gasteiger partial charge in [0.1, 0.15) is 24.4 Å². The molecule has 2 heterocycles. The molecule has 0 spiro atoms. The predicted molar refractivity (Wildman–Crippen MR) is 61.6 cm³/mol. The molecule has 0 aromatic heterocycles. The molecule has 5 atom stereocenters. The molecule has 0 aliphatic carbocycles. The van der Waals surface area contributed by atoms with E-state index in [4.69, 9.17) is 14.2 Å². The standard InChI is InChI=1S/C13H16O5/c14-10-11(15)13-17-7-9(18-13)12(10)16-6-8-4-2-1-3-5-8/h1-5,9-15H,6-7H2/t9-,10-,11+,12-,13-/m1/s1. The van der Waals surface area contributed by atoms with Crippen molar-refractivity contribution in [1.29, 1.82) is 0 Å². The second-order valence-corrected chi connectivity index (χ2v) is 4.62. The van der Waals surface area contributed by atoms with Gasteiger partial charge in [-0.1, -0.05) is 30.3 Å². The minimum absolute atomic E-state index is 0.308. The molecular formula is C13H16O5. The average Bonchev–Trinajstić information content (AvgIpc) is 2.84. The van der Waals surface area contributed by atoms with Crippen molar-refractivity contribution in [2.75, 3.05) is 6.61 Å². The Labute approximate surface area is 105 Å². The van der Waals surface area contributed by atoms with Gasteiger partial charge in [-0.2, -0.15) is 0 Å². The van der Waals surface area contributed by atoms with Gasteiger partial charge in [-0.05, 0) is 5.56 Å². The minimum atomic E-state index is -1.05. The highest BCUT2D eigenvalue weighted by atomic mass is 16.7. The van der Waals surface area contributed by atoms with Crippen LogP contribution in [0.1, 0.15) is 5.56 Å². The van der Waals surface area contributed by atoms with Gasteiger partial charge in [-0.15, -0.1) is 0 Å². The van der Waals surface area contributed by atoms with E-state index in [1.165, 1.54) is 0 Å². The molecule has 1 aromatic carbocycles. The molecule has 2 saturated heterocycles. The lowest BCUT2D eigenvalue weighted by Gasteiger charge is -2.35. The van der Waals surface area contributed by atoms with Gasteiger partial charge in [0.25, 0.3) is 0 Å². The highest BCUT2D eigenvalue weighted by Crippen LogP contribution is 2.30. The molecule has 2 N–H and O–H groups in total. The van der Waals surface area contributed by atoms with Crippen LogP contribution in [0, 0.1) is 0 Å². The quantitative estimate of drug-likeness (QED) is 0.795. The molecule has 5 heteroatoms. The zero-order valence-electron chi connectivity index (χ0n) is 9.81. The van der Waals surface area contributed by atoms with Crippen LogP contribution in [-0.2, 0) is 20.8 Å². The number of aliphatic hydroxyl groups excluding tert-OH is 2. The maximum absolute atomic E-state index is 9.96. The van der Waals surface area contributed by atoms with E-state index in [2.05, 4.69) is 0 Å². The van der Waals surface area contributed by atoms with Crippen molar-refractivity contribution in [3.05, 3.63) is 35.9 Å². The molecule has 3 rings (SSSR count). The molecular weight excluding hydrogens is 236 g/mol. The van der Waals surface area contributed by atoms with Gasteiger partial charge < -0.3 is 24.4 Å². The highest BCUT2D eigenvalue weighted by Gasteiger charge is 2.50. The summed E-state index contributed by atoms with van der Waals surface area (Å²) in [5, 5.41) is 19.7. The van der Waals surface area contributed by atoms with Crippen molar-refractivity contribution in [2.45, 2.75) is 37.3 Å². The number of rotatable bonds is 3. The summed E-state index contributed by atoms with van der Waals surface area (Å²) in [7, 11) is 0. The summed E-state index contributed by atoms with van der Waals surface area (Å²) in [5.74, 6) is 0. The summed E-state index contributed by atoms with van der Waals surface area (Å²) in [6, 6.07) is 9.67. The lowest BCUT2D eigenvalue weighted by Crippen LogP contribution is -2.54. The van der Waals surface area contributed by atoms with Crippen molar-refractivity contribution in [2.24, 2.45) is 0 Å². The van der Waals surface area contributed by atoms with Crippen LogP contribution >= 0.6 is 0 Å². The van der Waals surface area contributed by atoms with E-state index < -0.39 is 24.6 Å². The third-order valence-corrected chi connectivity index (χ3v) is 3.35. The van der Waals surface area contributed by atoms with E-state index >= 15 is 0 Å². The minimum Gasteiger partial charge on any atom is -0.387 e. The molecule has 0 saturated carbocycles. The number of aliphatic hydroxyl groups is 2. The van der Waals surface area contributed by atoms with E-state index in [1.807, 2.05) is 30.3 Å². The highest BCUT2D eigenvalue weighted by molar-refractivity contribution is 5.13. The topological polar surface area (TPSA) is 68.2 Å². The smallest absolute Gasteiger partial charge is 0.186 e. The molecule has 5 nitrogen and oxygen atoms in total. The van der Waals surface area contributed by atoms with Crippen LogP contribution < -0.4 is 0 Å². The molecule has 1 aromatic rings. The van der Waals surface area contributed by atoms with Gasteiger partial charge in [0.05, 0.1) is 13.2 Å². The molecule has 98 valence electrons. The molecule has 2 bridgehead atoms. The Kier molecular flexibility index (Phi) is 3.32. The Morgan fingerprint density at radius 3 is 2.72 bits per heavy atom. The molecule has 18 heavy (non-hydrogen) atoms.